The van der Waals surface area contributed by atoms with Crippen molar-refractivity contribution in [1.82, 2.24) is 10.3 Å². The summed E-state index contributed by atoms with van der Waals surface area (Å²) in [4.78, 5) is 4.39. The maximum atomic E-state index is 5.68. The van der Waals surface area contributed by atoms with Gasteiger partial charge in [-0.1, -0.05) is 39.0 Å². The van der Waals surface area contributed by atoms with Crippen molar-refractivity contribution in [2.45, 2.75) is 70.8 Å². The van der Waals surface area contributed by atoms with Crippen LogP contribution in [-0.2, 0) is 6.54 Å². The molecule has 0 aliphatic heterocycles. The van der Waals surface area contributed by atoms with E-state index >= 15 is 0 Å². The standard InChI is InChI=1S/C15H26N2O/c1-2-10-16-11-14-15(18-12-17-14)13-8-6-4-3-5-7-9-13/h12-13,16H,2-11H2,1H3. The Labute approximate surface area is 110 Å². The molecule has 0 bridgehead atoms. The van der Waals surface area contributed by atoms with Crippen molar-refractivity contribution < 1.29 is 4.42 Å². The molecule has 18 heavy (non-hydrogen) atoms. The third kappa shape index (κ3) is 3.84. The highest BCUT2D eigenvalue weighted by atomic mass is 16.3. The van der Waals surface area contributed by atoms with Crippen molar-refractivity contribution in [1.29, 1.82) is 0 Å². The highest BCUT2D eigenvalue weighted by molar-refractivity contribution is 5.12. The predicted molar refractivity (Wildman–Crippen MR) is 73.6 cm³/mol. The normalized spacial score (nSPS) is 18.5. The molecular formula is C15H26N2O. The summed E-state index contributed by atoms with van der Waals surface area (Å²) in [6.07, 6.45) is 12.2. The lowest BCUT2D eigenvalue weighted by Crippen LogP contribution is -2.16. The van der Waals surface area contributed by atoms with Gasteiger partial charge in [0.1, 0.15) is 5.76 Å². The molecule has 0 aromatic carbocycles. The van der Waals surface area contributed by atoms with Gasteiger partial charge in [-0.3, -0.25) is 0 Å². The number of aromatic nitrogens is 1. The molecule has 0 saturated heterocycles. The topological polar surface area (TPSA) is 38.1 Å². The second-order valence-electron chi connectivity index (χ2n) is 5.38. The lowest BCUT2D eigenvalue weighted by Gasteiger charge is -2.18. The molecule has 0 spiro atoms. The number of oxazole rings is 1. The summed E-state index contributed by atoms with van der Waals surface area (Å²) < 4.78 is 5.68. The molecule has 2 rings (SSSR count). The van der Waals surface area contributed by atoms with Crippen LogP contribution in [0, 0.1) is 0 Å². The van der Waals surface area contributed by atoms with Crippen molar-refractivity contribution in [2.24, 2.45) is 0 Å². The van der Waals surface area contributed by atoms with Crippen LogP contribution in [0.5, 0.6) is 0 Å². The first kappa shape index (κ1) is 13.6. The van der Waals surface area contributed by atoms with Crippen molar-refractivity contribution >= 4 is 0 Å². The van der Waals surface area contributed by atoms with Gasteiger partial charge < -0.3 is 9.73 Å². The highest BCUT2D eigenvalue weighted by Gasteiger charge is 2.20. The van der Waals surface area contributed by atoms with Crippen LogP contribution < -0.4 is 5.32 Å². The maximum absolute atomic E-state index is 5.68. The van der Waals surface area contributed by atoms with E-state index in [-0.39, 0.29) is 0 Å². The van der Waals surface area contributed by atoms with Crippen LogP contribution in [0.4, 0.5) is 0 Å². The molecule has 3 nitrogen and oxygen atoms in total. The van der Waals surface area contributed by atoms with Gasteiger partial charge in [0.15, 0.2) is 6.39 Å². The van der Waals surface area contributed by atoms with Crippen molar-refractivity contribution in [3.8, 4) is 0 Å². The first-order valence-corrected chi connectivity index (χ1v) is 7.54. The van der Waals surface area contributed by atoms with Gasteiger partial charge in [-0.25, -0.2) is 4.98 Å². The van der Waals surface area contributed by atoms with Crippen LogP contribution in [0.25, 0.3) is 0 Å². The predicted octanol–water partition coefficient (Wildman–Crippen LogP) is 4.00. The highest BCUT2D eigenvalue weighted by Crippen LogP contribution is 2.32. The molecule has 1 aliphatic rings. The molecule has 1 fully saturated rings. The summed E-state index contributed by atoms with van der Waals surface area (Å²) >= 11 is 0. The SMILES string of the molecule is CCCNCc1ncoc1C1CCCCCCC1. The minimum atomic E-state index is 0.603. The van der Waals surface area contributed by atoms with Crippen molar-refractivity contribution in [3.05, 3.63) is 17.8 Å². The van der Waals surface area contributed by atoms with Crippen LogP contribution in [0.3, 0.4) is 0 Å². The minimum Gasteiger partial charge on any atom is -0.448 e. The minimum absolute atomic E-state index is 0.603. The zero-order valence-electron chi connectivity index (χ0n) is 11.6. The summed E-state index contributed by atoms with van der Waals surface area (Å²) in [6.45, 7) is 4.10. The van der Waals surface area contributed by atoms with E-state index < -0.39 is 0 Å². The van der Waals surface area contributed by atoms with Crippen LogP contribution >= 0.6 is 0 Å². The Morgan fingerprint density at radius 1 is 1.22 bits per heavy atom. The Morgan fingerprint density at radius 3 is 2.67 bits per heavy atom. The second kappa shape index (κ2) is 7.57. The molecule has 1 saturated carbocycles. The Morgan fingerprint density at radius 2 is 1.94 bits per heavy atom. The van der Waals surface area contributed by atoms with E-state index in [4.69, 9.17) is 4.42 Å². The number of hydrogen-bond acceptors (Lipinski definition) is 3. The molecule has 0 amide bonds. The van der Waals surface area contributed by atoms with Crippen LogP contribution in [-0.4, -0.2) is 11.5 Å². The molecule has 1 aromatic heterocycles. The zero-order valence-corrected chi connectivity index (χ0v) is 11.6. The van der Waals surface area contributed by atoms with E-state index in [0.717, 1.165) is 31.0 Å². The van der Waals surface area contributed by atoms with E-state index in [1.54, 1.807) is 6.39 Å². The molecule has 1 aromatic rings. The molecule has 3 heteroatoms. The Bertz CT molecular complexity index is 327. The molecule has 102 valence electrons. The van der Waals surface area contributed by atoms with Gasteiger partial charge in [-0.15, -0.1) is 0 Å². The average molecular weight is 250 g/mol. The maximum Gasteiger partial charge on any atom is 0.181 e. The summed E-state index contributed by atoms with van der Waals surface area (Å²) in [5.74, 6) is 1.76. The van der Waals surface area contributed by atoms with Crippen LogP contribution in [0.15, 0.2) is 10.8 Å². The number of hydrogen-bond donors (Lipinski definition) is 1. The molecular weight excluding hydrogens is 224 g/mol. The van der Waals surface area contributed by atoms with E-state index in [2.05, 4.69) is 17.2 Å². The molecule has 0 radical (unpaired) electrons. The smallest absolute Gasteiger partial charge is 0.181 e. The molecule has 1 aliphatic carbocycles. The third-order valence-corrected chi connectivity index (χ3v) is 3.87. The van der Waals surface area contributed by atoms with Gasteiger partial charge in [0, 0.05) is 12.5 Å². The quantitative estimate of drug-likeness (QED) is 0.803. The largest absolute Gasteiger partial charge is 0.448 e. The number of rotatable bonds is 5. The molecule has 0 unspecified atom stereocenters. The zero-order chi connectivity index (χ0) is 12.6. The van der Waals surface area contributed by atoms with Gasteiger partial charge >= 0.3 is 0 Å². The summed E-state index contributed by atoms with van der Waals surface area (Å²) in [7, 11) is 0. The van der Waals surface area contributed by atoms with Gasteiger partial charge in [-0.05, 0) is 25.8 Å². The van der Waals surface area contributed by atoms with E-state index in [9.17, 15) is 0 Å². The van der Waals surface area contributed by atoms with E-state index in [1.165, 1.54) is 44.9 Å². The average Bonchev–Trinajstić information content (AvgIpc) is 2.77. The summed E-state index contributed by atoms with van der Waals surface area (Å²) in [5.41, 5.74) is 1.13. The van der Waals surface area contributed by atoms with Gasteiger partial charge in [0.05, 0.1) is 5.69 Å². The van der Waals surface area contributed by atoms with Crippen LogP contribution in [0.2, 0.25) is 0 Å². The fraction of sp³-hybridized carbons (Fsp3) is 0.800. The molecule has 1 heterocycles. The van der Waals surface area contributed by atoms with E-state index in [0.29, 0.717) is 5.92 Å². The summed E-state index contributed by atoms with van der Waals surface area (Å²) in [5, 5.41) is 3.42. The van der Waals surface area contributed by atoms with E-state index in [1.807, 2.05) is 0 Å². The third-order valence-electron chi connectivity index (χ3n) is 3.87. The number of nitrogens with one attached hydrogen (secondary N) is 1. The van der Waals surface area contributed by atoms with Crippen LogP contribution in [0.1, 0.15) is 75.7 Å². The lowest BCUT2D eigenvalue weighted by molar-refractivity contribution is 0.383. The number of nitrogens with zero attached hydrogens (tertiary/aromatic N) is 1. The monoisotopic (exact) mass is 250 g/mol. The first-order valence-electron chi connectivity index (χ1n) is 7.54. The van der Waals surface area contributed by atoms with Gasteiger partial charge in [0.2, 0.25) is 0 Å². The lowest BCUT2D eigenvalue weighted by atomic mass is 9.88. The Balaban J connectivity index is 1.95. The van der Waals surface area contributed by atoms with Gasteiger partial charge in [0.25, 0.3) is 0 Å². The molecule has 0 atom stereocenters. The summed E-state index contributed by atoms with van der Waals surface area (Å²) in [6, 6.07) is 0. The fourth-order valence-corrected chi connectivity index (χ4v) is 2.84. The molecule has 1 N–H and O–H groups in total. The Kier molecular flexibility index (Phi) is 5.72. The fourth-order valence-electron chi connectivity index (χ4n) is 2.84. The van der Waals surface area contributed by atoms with Gasteiger partial charge in [-0.2, -0.15) is 0 Å². The Hall–Kier alpha value is -0.830. The second-order valence-corrected chi connectivity index (χ2v) is 5.38. The first-order chi connectivity index (χ1) is 8.92. The van der Waals surface area contributed by atoms with Crippen molar-refractivity contribution in [2.75, 3.05) is 6.54 Å². The van der Waals surface area contributed by atoms with Crippen molar-refractivity contribution in [3.63, 3.8) is 0 Å².